The van der Waals surface area contributed by atoms with E-state index in [1.165, 1.54) is 5.39 Å². The molecule has 4 heteroatoms. The van der Waals surface area contributed by atoms with E-state index in [-0.39, 0.29) is 5.92 Å². The van der Waals surface area contributed by atoms with Gasteiger partial charge in [-0.15, -0.1) is 0 Å². The number of rotatable bonds is 6. The lowest BCUT2D eigenvalue weighted by Crippen LogP contribution is -2.02. The van der Waals surface area contributed by atoms with Crippen molar-refractivity contribution < 1.29 is 4.74 Å². The summed E-state index contributed by atoms with van der Waals surface area (Å²) in [6.45, 7) is 0.557. The summed E-state index contributed by atoms with van der Waals surface area (Å²) in [5.74, 6) is 0.585. The van der Waals surface area contributed by atoms with Crippen molar-refractivity contribution in [1.29, 1.82) is 5.26 Å². The molecule has 0 saturated heterocycles. The van der Waals surface area contributed by atoms with Crippen LogP contribution in [-0.4, -0.2) is 6.61 Å². The first-order chi connectivity index (χ1) is 12.2. The van der Waals surface area contributed by atoms with E-state index in [9.17, 15) is 5.26 Å². The molecule has 0 spiro atoms. The third-order valence-electron chi connectivity index (χ3n) is 4.12. The fourth-order valence-electron chi connectivity index (χ4n) is 2.81. The first kappa shape index (κ1) is 17.6. The summed E-state index contributed by atoms with van der Waals surface area (Å²) in [7, 11) is 0. The molecule has 2 nitrogen and oxygen atoms in total. The standard InChI is InChI=1S/C21H17Cl2NO/c22-18-8-10-20(21(23)13-18)17(14-24)6-3-11-25-19-9-7-15-4-1-2-5-16(15)12-19/h1-2,4-5,7-10,12-13,17H,3,6,11H2. The molecule has 0 aliphatic heterocycles. The number of hydrogen-bond acceptors (Lipinski definition) is 2. The maximum Gasteiger partial charge on any atom is 0.119 e. The van der Waals surface area contributed by atoms with E-state index in [0.29, 0.717) is 23.1 Å². The van der Waals surface area contributed by atoms with E-state index in [2.05, 4.69) is 24.3 Å². The second-order valence-corrected chi connectivity index (χ2v) is 6.69. The maximum absolute atomic E-state index is 9.43. The number of nitrogens with zero attached hydrogens (tertiary/aromatic N) is 1. The van der Waals surface area contributed by atoms with Crippen LogP contribution in [0.5, 0.6) is 5.75 Å². The van der Waals surface area contributed by atoms with E-state index < -0.39 is 0 Å². The van der Waals surface area contributed by atoms with Gasteiger partial charge in [0.25, 0.3) is 0 Å². The van der Waals surface area contributed by atoms with Crippen molar-refractivity contribution in [3.8, 4) is 11.8 Å². The third kappa shape index (κ3) is 4.45. The lowest BCUT2D eigenvalue weighted by molar-refractivity contribution is 0.305. The summed E-state index contributed by atoms with van der Waals surface area (Å²) in [5.41, 5.74) is 0.819. The highest BCUT2D eigenvalue weighted by molar-refractivity contribution is 6.35. The topological polar surface area (TPSA) is 33.0 Å². The van der Waals surface area contributed by atoms with E-state index in [0.717, 1.165) is 23.1 Å². The number of halogens is 2. The summed E-state index contributed by atoms with van der Waals surface area (Å²) in [6.07, 6.45) is 1.45. The first-order valence-corrected chi connectivity index (χ1v) is 8.89. The Bertz CT molecular complexity index is 917. The molecular formula is C21H17Cl2NO. The number of hydrogen-bond donors (Lipinski definition) is 0. The molecule has 0 radical (unpaired) electrons. The quantitative estimate of drug-likeness (QED) is 0.457. The molecule has 0 fully saturated rings. The average molecular weight is 370 g/mol. The Labute approximate surface area is 157 Å². The highest BCUT2D eigenvalue weighted by Crippen LogP contribution is 2.30. The van der Waals surface area contributed by atoms with Crippen LogP contribution in [0.3, 0.4) is 0 Å². The number of nitriles is 1. The average Bonchev–Trinajstić information content (AvgIpc) is 2.62. The van der Waals surface area contributed by atoms with Gasteiger partial charge in [0.2, 0.25) is 0 Å². The molecule has 0 N–H and O–H groups in total. The molecule has 1 atom stereocenters. The Hall–Kier alpha value is -2.21. The first-order valence-electron chi connectivity index (χ1n) is 8.13. The predicted octanol–water partition coefficient (Wildman–Crippen LogP) is 6.61. The van der Waals surface area contributed by atoms with E-state index in [1.807, 2.05) is 30.3 Å². The minimum absolute atomic E-state index is 0.259. The lowest BCUT2D eigenvalue weighted by Gasteiger charge is -2.12. The van der Waals surface area contributed by atoms with Gasteiger partial charge in [0.05, 0.1) is 18.6 Å². The molecule has 0 saturated carbocycles. The molecule has 126 valence electrons. The Morgan fingerprint density at radius 1 is 0.960 bits per heavy atom. The summed E-state index contributed by atoms with van der Waals surface area (Å²) >= 11 is 12.1. The minimum atomic E-state index is -0.259. The van der Waals surface area contributed by atoms with Gasteiger partial charge in [-0.3, -0.25) is 0 Å². The number of fused-ring (bicyclic) bond motifs is 1. The predicted molar refractivity (Wildman–Crippen MR) is 103 cm³/mol. The van der Waals surface area contributed by atoms with Gasteiger partial charge in [0.1, 0.15) is 5.75 Å². The largest absolute Gasteiger partial charge is 0.494 e. The third-order valence-corrected chi connectivity index (χ3v) is 4.68. The van der Waals surface area contributed by atoms with E-state index in [4.69, 9.17) is 27.9 Å². The van der Waals surface area contributed by atoms with Gasteiger partial charge in [0, 0.05) is 10.0 Å². The zero-order valence-electron chi connectivity index (χ0n) is 13.6. The second kappa shape index (κ2) is 8.25. The summed E-state index contributed by atoms with van der Waals surface area (Å²) in [6, 6.07) is 21.8. The van der Waals surface area contributed by atoms with Crippen LogP contribution in [-0.2, 0) is 0 Å². The Morgan fingerprint density at radius 3 is 2.52 bits per heavy atom. The summed E-state index contributed by atoms with van der Waals surface area (Å²) in [4.78, 5) is 0. The van der Waals surface area contributed by atoms with Crippen LogP contribution < -0.4 is 4.74 Å². The molecule has 0 bridgehead atoms. The van der Waals surface area contributed by atoms with Crippen LogP contribution in [0.2, 0.25) is 10.0 Å². The van der Waals surface area contributed by atoms with Crippen molar-refractivity contribution in [2.75, 3.05) is 6.61 Å². The van der Waals surface area contributed by atoms with Gasteiger partial charge in [0.15, 0.2) is 0 Å². The summed E-state index contributed by atoms with van der Waals surface area (Å²) in [5, 5.41) is 12.9. The lowest BCUT2D eigenvalue weighted by atomic mass is 9.96. The SMILES string of the molecule is N#CC(CCCOc1ccc2ccccc2c1)c1ccc(Cl)cc1Cl. The molecule has 1 unspecified atom stereocenters. The molecule has 0 aliphatic carbocycles. The van der Waals surface area contributed by atoms with Gasteiger partial charge < -0.3 is 4.74 Å². The monoisotopic (exact) mass is 369 g/mol. The molecule has 0 aliphatic rings. The van der Waals surface area contributed by atoms with Crippen molar-refractivity contribution >= 4 is 34.0 Å². The minimum Gasteiger partial charge on any atom is -0.494 e. The van der Waals surface area contributed by atoms with Gasteiger partial charge in [-0.1, -0.05) is 59.6 Å². The molecule has 25 heavy (non-hydrogen) atoms. The van der Waals surface area contributed by atoms with Crippen LogP contribution in [0.1, 0.15) is 24.3 Å². The normalized spacial score (nSPS) is 11.9. The van der Waals surface area contributed by atoms with Crippen molar-refractivity contribution in [1.82, 2.24) is 0 Å². The van der Waals surface area contributed by atoms with Crippen LogP contribution in [0.25, 0.3) is 10.8 Å². The number of benzene rings is 3. The van der Waals surface area contributed by atoms with Crippen molar-refractivity contribution in [2.45, 2.75) is 18.8 Å². The van der Waals surface area contributed by atoms with Crippen LogP contribution in [0.4, 0.5) is 0 Å². The Kier molecular flexibility index (Phi) is 5.81. The molecule has 0 amide bonds. The number of ether oxygens (including phenoxy) is 1. The molecule has 3 aromatic carbocycles. The zero-order valence-corrected chi connectivity index (χ0v) is 15.1. The van der Waals surface area contributed by atoms with Gasteiger partial charge >= 0.3 is 0 Å². The van der Waals surface area contributed by atoms with E-state index in [1.54, 1.807) is 12.1 Å². The highest BCUT2D eigenvalue weighted by atomic mass is 35.5. The van der Waals surface area contributed by atoms with Crippen molar-refractivity contribution in [3.63, 3.8) is 0 Å². The zero-order chi connectivity index (χ0) is 17.6. The van der Waals surface area contributed by atoms with Crippen LogP contribution in [0.15, 0.2) is 60.7 Å². The molecular weight excluding hydrogens is 353 g/mol. The second-order valence-electron chi connectivity index (χ2n) is 5.85. The van der Waals surface area contributed by atoms with Gasteiger partial charge in [-0.25, -0.2) is 0 Å². The fourth-order valence-corrected chi connectivity index (χ4v) is 3.35. The van der Waals surface area contributed by atoms with Crippen molar-refractivity contribution in [3.05, 3.63) is 76.3 Å². The smallest absolute Gasteiger partial charge is 0.119 e. The molecule has 3 rings (SSSR count). The van der Waals surface area contributed by atoms with E-state index >= 15 is 0 Å². The van der Waals surface area contributed by atoms with Gasteiger partial charge in [-0.05, 0) is 53.4 Å². The van der Waals surface area contributed by atoms with Crippen LogP contribution >= 0.6 is 23.2 Å². The Balaban J connectivity index is 1.56. The van der Waals surface area contributed by atoms with Gasteiger partial charge in [-0.2, -0.15) is 5.26 Å². The summed E-state index contributed by atoms with van der Waals surface area (Å²) < 4.78 is 5.83. The molecule has 0 heterocycles. The van der Waals surface area contributed by atoms with Crippen molar-refractivity contribution in [2.24, 2.45) is 0 Å². The molecule has 0 aromatic heterocycles. The van der Waals surface area contributed by atoms with Crippen LogP contribution in [0, 0.1) is 11.3 Å². The molecule has 3 aromatic rings. The maximum atomic E-state index is 9.43. The highest BCUT2D eigenvalue weighted by Gasteiger charge is 2.14. The Morgan fingerprint density at radius 2 is 1.76 bits per heavy atom. The fraction of sp³-hybridized carbons (Fsp3) is 0.190.